The van der Waals surface area contributed by atoms with Crippen LogP contribution in [0.25, 0.3) is 10.6 Å². The van der Waals surface area contributed by atoms with E-state index in [0.717, 1.165) is 34.2 Å². The number of aromatic nitrogens is 2. The highest BCUT2D eigenvalue weighted by Gasteiger charge is 2.36. The summed E-state index contributed by atoms with van der Waals surface area (Å²) in [7, 11) is 0. The second-order valence-electron chi connectivity index (χ2n) is 6.17. The molecule has 0 fully saturated rings. The highest BCUT2D eigenvalue weighted by atomic mass is 32.1. The lowest BCUT2D eigenvalue weighted by Crippen LogP contribution is -2.12. The minimum Gasteiger partial charge on any atom is -0.313 e. The molecule has 3 aromatic rings. The molecule has 0 unspecified atom stereocenters. The number of hydrogen-bond acceptors (Lipinski definition) is 3. The lowest BCUT2D eigenvalue weighted by molar-refractivity contribution is -0.141. The van der Waals surface area contributed by atoms with Gasteiger partial charge in [0.15, 0.2) is 5.69 Å². The third-order valence-corrected chi connectivity index (χ3v) is 4.84. The van der Waals surface area contributed by atoms with Crippen LogP contribution in [0.4, 0.5) is 27.0 Å². The van der Waals surface area contributed by atoms with Gasteiger partial charge >= 0.3 is 6.18 Å². The van der Waals surface area contributed by atoms with E-state index >= 15 is 0 Å². The Kier molecular flexibility index (Phi) is 5.24. The van der Waals surface area contributed by atoms with Gasteiger partial charge in [0.1, 0.15) is 11.6 Å². The molecule has 2 aromatic heterocycles. The van der Waals surface area contributed by atoms with Gasteiger partial charge < -0.3 is 5.32 Å². The third-order valence-electron chi connectivity index (χ3n) is 3.79. The average Bonchev–Trinajstić information content (AvgIpc) is 3.18. The molecule has 28 heavy (non-hydrogen) atoms. The molecule has 0 bridgehead atoms. The summed E-state index contributed by atoms with van der Waals surface area (Å²) in [6.07, 6.45) is -4.68. The zero-order chi connectivity index (χ0) is 20.6. The van der Waals surface area contributed by atoms with E-state index in [9.17, 15) is 26.7 Å². The van der Waals surface area contributed by atoms with Gasteiger partial charge in [-0.15, -0.1) is 11.3 Å². The molecular weight excluding hydrogens is 401 g/mol. The standard InChI is InChI=1S/C18H14F5N3OS/c1-9(2)26-13(8-14(25-26)18(21,22)23)16-12(20)7-15(28-16)24-17(27)10-5-3-4-6-11(10)19/h3-9H,1-2H3,(H,24,27). The summed E-state index contributed by atoms with van der Waals surface area (Å²) in [5, 5.41) is 5.92. The Hall–Kier alpha value is -2.75. The molecule has 1 aromatic carbocycles. The summed E-state index contributed by atoms with van der Waals surface area (Å²) in [6.45, 7) is 3.23. The van der Waals surface area contributed by atoms with Crippen molar-refractivity contribution in [1.29, 1.82) is 0 Å². The molecule has 1 N–H and O–H groups in total. The normalized spacial score (nSPS) is 11.9. The zero-order valence-electron chi connectivity index (χ0n) is 14.6. The second-order valence-corrected chi connectivity index (χ2v) is 7.22. The number of halogens is 5. The SMILES string of the molecule is CC(C)n1nc(C(F)(F)F)cc1-c1sc(NC(=O)c2ccccc2F)cc1F. The first-order valence-corrected chi connectivity index (χ1v) is 8.92. The van der Waals surface area contributed by atoms with Crippen molar-refractivity contribution in [3.8, 4) is 10.6 Å². The van der Waals surface area contributed by atoms with Gasteiger partial charge in [0.05, 0.1) is 21.1 Å². The highest BCUT2D eigenvalue weighted by Crippen LogP contribution is 2.39. The van der Waals surface area contributed by atoms with E-state index in [-0.39, 0.29) is 21.1 Å². The number of carbonyl (C=O) groups excluding carboxylic acids is 1. The van der Waals surface area contributed by atoms with Crippen molar-refractivity contribution in [1.82, 2.24) is 9.78 Å². The van der Waals surface area contributed by atoms with Crippen LogP contribution in [0, 0.1) is 11.6 Å². The summed E-state index contributed by atoms with van der Waals surface area (Å²) in [4.78, 5) is 12.1. The van der Waals surface area contributed by atoms with Crippen LogP contribution in [0.3, 0.4) is 0 Å². The van der Waals surface area contributed by atoms with Crippen LogP contribution in [0.1, 0.15) is 35.9 Å². The number of thiophene rings is 1. The largest absolute Gasteiger partial charge is 0.435 e. The molecule has 0 atom stereocenters. The van der Waals surface area contributed by atoms with E-state index in [4.69, 9.17) is 0 Å². The summed E-state index contributed by atoms with van der Waals surface area (Å²) in [5.74, 6) is -2.35. The number of benzene rings is 1. The molecule has 0 saturated heterocycles. The Morgan fingerprint density at radius 3 is 2.43 bits per heavy atom. The highest BCUT2D eigenvalue weighted by molar-refractivity contribution is 7.19. The number of nitrogens with zero attached hydrogens (tertiary/aromatic N) is 2. The minimum atomic E-state index is -4.68. The predicted octanol–water partition coefficient (Wildman–Crippen LogP) is 5.74. The second kappa shape index (κ2) is 7.34. The van der Waals surface area contributed by atoms with E-state index in [1.165, 1.54) is 18.2 Å². The summed E-state index contributed by atoms with van der Waals surface area (Å²) < 4.78 is 68.2. The number of amides is 1. The van der Waals surface area contributed by atoms with Crippen molar-refractivity contribution in [3.05, 3.63) is 59.3 Å². The first-order valence-electron chi connectivity index (χ1n) is 8.10. The quantitative estimate of drug-likeness (QED) is 0.552. The molecule has 148 valence electrons. The van der Waals surface area contributed by atoms with E-state index in [1.807, 2.05) is 0 Å². The number of hydrogen-bond donors (Lipinski definition) is 1. The zero-order valence-corrected chi connectivity index (χ0v) is 15.5. The van der Waals surface area contributed by atoms with Crippen molar-refractivity contribution in [2.75, 3.05) is 5.32 Å². The van der Waals surface area contributed by atoms with Crippen LogP contribution in [0.5, 0.6) is 0 Å². The van der Waals surface area contributed by atoms with Crippen LogP contribution in [0.2, 0.25) is 0 Å². The number of nitrogens with one attached hydrogen (secondary N) is 1. The monoisotopic (exact) mass is 415 g/mol. The van der Waals surface area contributed by atoms with Crippen molar-refractivity contribution in [3.63, 3.8) is 0 Å². The molecule has 3 rings (SSSR count). The average molecular weight is 415 g/mol. The number of rotatable bonds is 4. The fourth-order valence-electron chi connectivity index (χ4n) is 2.53. The van der Waals surface area contributed by atoms with Crippen molar-refractivity contribution in [2.24, 2.45) is 0 Å². The summed E-state index contributed by atoms with van der Waals surface area (Å²) >= 11 is 0.739. The van der Waals surface area contributed by atoms with Crippen LogP contribution < -0.4 is 5.32 Å². The first-order chi connectivity index (χ1) is 13.1. The molecule has 0 aliphatic heterocycles. The fraction of sp³-hybridized carbons (Fsp3) is 0.222. The van der Waals surface area contributed by atoms with Crippen molar-refractivity contribution < 1.29 is 26.7 Å². The third kappa shape index (κ3) is 3.91. The smallest absolute Gasteiger partial charge is 0.313 e. The maximum atomic E-state index is 14.4. The molecule has 1 amide bonds. The van der Waals surface area contributed by atoms with E-state index in [2.05, 4.69) is 10.4 Å². The van der Waals surface area contributed by atoms with Gasteiger partial charge in [-0.1, -0.05) is 12.1 Å². The van der Waals surface area contributed by atoms with Crippen LogP contribution in [-0.2, 0) is 6.18 Å². The molecule has 0 aliphatic rings. The summed E-state index contributed by atoms with van der Waals surface area (Å²) in [5.41, 5.74) is -1.43. The Bertz CT molecular complexity index is 1020. The number of alkyl halides is 3. The maximum absolute atomic E-state index is 14.4. The summed E-state index contributed by atoms with van der Waals surface area (Å²) in [6, 6.07) is 6.54. The molecule has 4 nitrogen and oxygen atoms in total. The van der Waals surface area contributed by atoms with Gasteiger partial charge in [0.25, 0.3) is 5.91 Å². The molecular formula is C18H14F5N3OS. The van der Waals surface area contributed by atoms with E-state index in [1.54, 1.807) is 13.8 Å². The lowest BCUT2D eigenvalue weighted by Gasteiger charge is -2.09. The Morgan fingerprint density at radius 1 is 1.14 bits per heavy atom. The van der Waals surface area contributed by atoms with Gasteiger partial charge in [-0.2, -0.15) is 18.3 Å². The van der Waals surface area contributed by atoms with Crippen molar-refractivity contribution >= 4 is 22.2 Å². The van der Waals surface area contributed by atoms with Gasteiger partial charge in [-0.3, -0.25) is 9.48 Å². The van der Waals surface area contributed by atoms with Crippen LogP contribution in [-0.4, -0.2) is 15.7 Å². The Labute approximate surface area is 160 Å². The molecule has 0 aliphatic carbocycles. The molecule has 2 heterocycles. The van der Waals surface area contributed by atoms with Gasteiger partial charge in [-0.25, -0.2) is 8.78 Å². The van der Waals surface area contributed by atoms with Crippen molar-refractivity contribution in [2.45, 2.75) is 26.1 Å². The topological polar surface area (TPSA) is 46.9 Å². The lowest BCUT2D eigenvalue weighted by atomic mass is 10.2. The van der Waals surface area contributed by atoms with Crippen LogP contribution in [0.15, 0.2) is 36.4 Å². The van der Waals surface area contributed by atoms with Gasteiger partial charge in [-0.05, 0) is 32.0 Å². The predicted molar refractivity (Wildman–Crippen MR) is 95.2 cm³/mol. The fourth-order valence-corrected chi connectivity index (χ4v) is 3.47. The Balaban J connectivity index is 1.96. The number of carbonyl (C=O) groups is 1. The molecule has 0 saturated carbocycles. The van der Waals surface area contributed by atoms with E-state index < -0.39 is 35.5 Å². The molecule has 0 radical (unpaired) electrons. The molecule has 0 spiro atoms. The van der Waals surface area contributed by atoms with Gasteiger partial charge in [0, 0.05) is 12.1 Å². The number of anilines is 1. The van der Waals surface area contributed by atoms with Gasteiger partial charge in [0.2, 0.25) is 0 Å². The van der Waals surface area contributed by atoms with Crippen LogP contribution >= 0.6 is 11.3 Å². The first kappa shape index (κ1) is 20.0. The molecule has 10 heteroatoms. The van der Waals surface area contributed by atoms with E-state index in [0.29, 0.717) is 0 Å². The maximum Gasteiger partial charge on any atom is 0.435 e. The minimum absolute atomic E-state index is 0.0332. The Morgan fingerprint density at radius 2 is 1.82 bits per heavy atom.